The average Bonchev–Trinajstić information content (AvgIpc) is 3.01. The van der Waals surface area contributed by atoms with E-state index in [0.717, 1.165) is 23.5 Å². The Balaban J connectivity index is 1.40. The van der Waals surface area contributed by atoms with Gasteiger partial charge in [-0.3, -0.25) is 9.59 Å². The summed E-state index contributed by atoms with van der Waals surface area (Å²) in [7, 11) is 0. The van der Waals surface area contributed by atoms with E-state index in [9.17, 15) is 27.9 Å². The number of anilines is 2. The highest BCUT2D eigenvalue weighted by atomic mass is 35.5. The number of nitrogens with zero attached hydrogens (tertiary/aromatic N) is 2. The fourth-order valence-electron chi connectivity index (χ4n) is 4.67. The summed E-state index contributed by atoms with van der Waals surface area (Å²) in [5.74, 6) is -5.24. The van der Waals surface area contributed by atoms with Crippen LogP contribution in [-0.4, -0.2) is 34.4 Å². The van der Waals surface area contributed by atoms with E-state index in [0.29, 0.717) is 5.56 Å². The number of aliphatic hydroxyl groups is 1. The number of pyridine rings is 1. The van der Waals surface area contributed by atoms with Crippen LogP contribution in [0.25, 0.3) is 11.1 Å². The van der Waals surface area contributed by atoms with Gasteiger partial charge in [0.05, 0.1) is 16.8 Å². The van der Waals surface area contributed by atoms with Crippen molar-refractivity contribution in [2.24, 2.45) is 0 Å². The number of nitrogens with one attached hydrogen (secondary N) is 1. The van der Waals surface area contributed by atoms with E-state index in [-0.39, 0.29) is 39.8 Å². The number of alkyl halides is 2. The van der Waals surface area contributed by atoms with Crippen LogP contribution in [0.1, 0.15) is 39.6 Å². The van der Waals surface area contributed by atoms with Gasteiger partial charge in [0, 0.05) is 29.7 Å². The van der Waals surface area contributed by atoms with Gasteiger partial charge in [-0.25, -0.2) is 18.2 Å². The molecule has 0 radical (unpaired) electrons. The third-order valence-corrected chi connectivity index (χ3v) is 7.18. The Kier molecular flexibility index (Phi) is 7.12. The minimum atomic E-state index is -3.52. The number of carbonyl (C=O) groups excluding carboxylic acids is 2. The number of halogens is 4. The summed E-state index contributed by atoms with van der Waals surface area (Å²) in [6.07, 6.45) is 0.426. The molecule has 0 saturated heterocycles. The lowest BCUT2D eigenvalue weighted by molar-refractivity contribution is -0.177. The van der Waals surface area contributed by atoms with E-state index < -0.39 is 35.6 Å². The Morgan fingerprint density at radius 2 is 1.77 bits per heavy atom. The van der Waals surface area contributed by atoms with Gasteiger partial charge in [-0.05, 0) is 60.5 Å². The summed E-state index contributed by atoms with van der Waals surface area (Å²) in [5, 5.41) is 13.5. The molecule has 0 fully saturated rings. The summed E-state index contributed by atoms with van der Waals surface area (Å²) in [4.78, 5) is 31.8. The molecular weight excluding hydrogens is 543 g/mol. The summed E-state index contributed by atoms with van der Waals surface area (Å²) in [6.45, 7) is 0.633. The average molecular weight is 566 g/mol. The second-order valence-electron chi connectivity index (χ2n) is 9.59. The van der Waals surface area contributed by atoms with Crippen LogP contribution in [0, 0.1) is 5.82 Å². The molecule has 0 spiro atoms. The number of aromatic nitrogens is 1. The number of hydrogen-bond donors (Lipinski definition) is 2. The largest absolute Gasteiger partial charge is 0.379 e. The minimum Gasteiger partial charge on any atom is -0.379 e. The van der Waals surface area contributed by atoms with Crippen LogP contribution in [0.5, 0.6) is 0 Å². The molecule has 5 rings (SSSR count). The highest BCUT2D eigenvalue weighted by molar-refractivity contribution is 6.30. The zero-order valence-electron chi connectivity index (χ0n) is 21.2. The molecule has 1 aliphatic heterocycles. The van der Waals surface area contributed by atoms with E-state index in [1.165, 1.54) is 48.7 Å². The predicted molar refractivity (Wildman–Crippen MR) is 146 cm³/mol. The molecule has 4 aromatic rings. The van der Waals surface area contributed by atoms with Crippen LogP contribution < -0.4 is 10.2 Å². The van der Waals surface area contributed by atoms with Gasteiger partial charge in [0.1, 0.15) is 11.6 Å². The monoisotopic (exact) mass is 565 g/mol. The molecule has 0 unspecified atom stereocenters. The van der Waals surface area contributed by atoms with Gasteiger partial charge in [0.15, 0.2) is 5.60 Å². The summed E-state index contributed by atoms with van der Waals surface area (Å²) in [5.41, 5.74) is -1.19. The van der Waals surface area contributed by atoms with Gasteiger partial charge < -0.3 is 15.3 Å². The van der Waals surface area contributed by atoms with Crippen molar-refractivity contribution in [2.75, 3.05) is 16.8 Å². The molecule has 1 atom stereocenters. The summed E-state index contributed by atoms with van der Waals surface area (Å²) >= 11 is 6.03. The fraction of sp³-hybridized carbons (Fsp3) is 0.167. The third kappa shape index (κ3) is 5.05. The molecule has 10 heteroatoms. The molecule has 2 N–H and O–H groups in total. The number of rotatable bonds is 4. The molecule has 1 aromatic heterocycles. The van der Waals surface area contributed by atoms with E-state index in [2.05, 4.69) is 10.3 Å². The van der Waals surface area contributed by atoms with Crippen molar-refractivity contribution >= 4 is 34.9 Å². The SMILES string of the molecule is C[C@]1(O)c2cc(Cl)ccc2N(C(=O)c2ccc(NC(=O)c3cc(F)ccc3-c3ccccc3)nc2)CCC1(F)F. The first-order valence-electron chi connectivity index (χ1n) is 12.3. The van der Waals surface area contributed by atoms with Crippen LogP contribution in [0.3, 0.4) is 0 Å². The van der Waals surface area contributed by atoms with Gasteiger partial charge in [0.2, 0.25) is 0 Å². The summed E-state index contributed by atoms with van der Waals surface area (Å²) in [6, 6.07) is 19.8. The second-order valence-corrected chi connectivity index (χ2v) is 10.0. The van der Waals surface area contributed by atoms with Gasteiger partial charge in [-0.2, -0.15) is 0 Å². The van der Waals surface area contributed by atoms with Gasteiger partial charge in [-0.1, -0.05) is 48.0 Å². The molecule has 40 heavy (non-hydrogen) atoms. The Labute approximate surface area is 233 Å². The highest BCUT2D eigenvalue weighted by Crippen LogP contribution is 2.47. The Bertz CT molecular complexity index is 1600. The van der Waals surface area contributed by atoms with Gasteiger partial charge >= 0.3 is 0 Å². The molecule has 204 valence electrons. The standard InChI is InChI=1S/C30H23ClF3N3O3/c1-29(40)24-15-20(31)8-11-25(24)37(14-13-30(29,33)34)28(39)19-7-12-26(35-17-19)36-27(38)23-16-21(32)9-10-22(23)18-5-3-2-4-6-18/h2-12,15-17,40H,13-14H2,1H3,(H,35,36,38)/t29-/m0/s1. The molecule has 2 amide bonds. The molecular formula is C30H23ClF3N3O3. The molecule has 6 nitrogen and oxygen atoms in total. The van der Waals surface area contributed by atoms with E-state index >= 15 is 0 Å². The molecule has 3 aromatic carbocycles. The lowest BCUT2D eigenvalue weighted by Gasteiger charge is -2.32. The number of amides is 2. The second kappa shape index (κ2) is 10.4. The van der Waals surface area contributed by atoms with Gasteiger partial charge in [-0.15, -0.1) is 0 Å². The van der Waals surface area contributed by atoms with Crippen LogP contribution in [0.4, 0.5) is 24.7 Å². The van der Waals surface area contributed by atoms with Crippen molar-refractivity contribution in [1.29, 1.82) is 0 Å². The summed E-state index contributed by atoms with van der Waals surface area (Å²) < 4.78 is 43.7. The lowest BCUT2D eigenvalue weighted by atomic mass is 9.87. The zero-order valence-corrected chi connectivity index (χ0v) is 21.9. The quantitative estimate of drug-likeness (QED) is 0.289. The van der Waals surface area contributed by atoms with Crippen LogP contribution in [0.2, 0.25) is 5.02 Å². The van der Waals surface area contributed by atoms with Crippen molar-refractivity contribution in [2.45, 2.75) is 24.9 Å². The number of benzene rings is 3. The molecule has 0 bridgehead atoms. The topological polar surface area (TPSA) is 82.5 Å². The smallest absolute Gasteiger partial charge is 0.281 e. The van der Waals surface area contributed by atoms with Crippen molar-refractivity contribution in [1.82, 2.24) is 4.98 Å². The number of fused-ring (bicyclic) bond motifs is 1. The number of hydrogen-bond acceptors (Lipinski definition) is 4. The Hall–Kier alpha value is -4.21. The normalized spacial score (nSPS) is 18.0. The van der Waals surface area contributed by atoms with Gasteiger partial charge in [0.25, 0.3) is 17.7 Å². The first-order valence-corrected chi connectivity index (χ1v) is 12.7. The molecule has 0 saturated carbocycles. The highest BCUT2D eigenvalue weighted by Gasteiger charge is 2.53. The van der Waals surface area contributed by atoms with Crippen LogP contribution in [-0.2, 0) is 5.60 Å². The number of carbonyl (C=O) groups is 2. The lowest BCUT2D eigenvalue weighted by Crippen LogP contribution is -2.42. The van der Waals surface area contributed by atoms with Crippen molar-refractivity contribution in [3.05, 3.63) is 113 Å². The van der Waals surface area contributed by atoms with Crippen molar-refractivity contribution < 1.29 is 27.9 Å². The van der Waals surface area contributed by atoms with E-state index in [1.807, 2.05) is 6.07 Å². The van der Waals surface area contributed by atoms with Crippen LogP contribution >= 0.6 is 11.6 Å². The Morgan fingerprint density at radius 3 is 2.48 bits per heavy atom. The molecule has 0 aliphatic carbocycles. The van der Waals surface area contributed by atoms with Crippen molar-refractivity contribution in [3.8, 4) is 11.1 Å². The third-order valence-electron chi connectivity index (χ3n) is 6.94. The molecule has 1 aliphatic rings. The minimum absolute atomic E-state index is 0.0690. The maximum absolute atomic E-state index is 14.9. The zero-order chi connectivity index (χ0) is 28.7. The predicted octanol–water partition coefficient (Wildman–Crippen LogP) is 6.69. The Morgan fingerprint density at radius 1 is 1.02 bits per heavy atom. The van der Waals surface area contributed by atoms with E-state index in [4.69, 9.17) is 11.6 Å². The van der Waals surface area contributed by atoms with E-state index in [1.54, 1.807) is 24.3 Å². The van der Waals surface area contributed by atoms with Crippen LogP contribution in [0.15, 0.2) is 85.1 Å². The maximum atomic E-state index is 14.9. The molecule has 2 heterocycles. The fourth-order valence-corrected chi connectivity index (χ4v) is 4.84. The first-order chi connectivity index (χ1) is 19.0. The van der Waals surface area contributed by atoms with Crippen molar-refractivity contribution in [3.63, 3.8) is 0 Å². The maximum Gasteiger partial charge on any atom is 0.281 e. The first kappa shape index (κ1) is 27.4.